The van der Waals surface area contributed by atoms with Gasteiger partial charge in [-0.3, -0.25) is 0 Å². The van der Waals surface area contributed by atoms with E-state index < -0.39 is 0 Å². The summed E-state index contributed by atoms with van der Waals surface area (Å²) in [7, 11) is 2.01. The molecule has 2 aromatic heterocycles. The average molecular weight is 325 g/mol. The Hall–Kier alpha value is -1.20. The number of hydrogen-bond donors (Lipinski definition) is 0. The third-order valence-corrected chi connectivity index (χ3v) is 4.35. The van der Waals surface area contributed by atoms with E-state index in [1.165, 1.54) is 0 Å². The van der Waals surface area contributed by atoms with Crippen molar-refractivity contribution in [3.8, 4) is 0 Å². The molecule has 0 aliphatic carbocycles. The number of aromatic nitrogens is 3. The Kier molecular flexibility index (Phi) is 4.54. The van der Waals surface area contributed by atoms with Crippen molar-refractivity contribution in [2.24, 2.45) is 0 Å². The highest BCUT2D eigenvalue weighted by Crippen LogP contribution is 2.28. The summed E-state index contributed by atoms with van der Waals surface area (Å²) in [6.45, 7) is 10.9. The van der Waals surface area contributed by atoms with Gasteiger partial charge in [-0.05, 0) is 13.8 Å². The number of aryl methyl sites for hydroxylation is 1. The molecule has 21 heavy (non-hydrogen) atoms. The molecule has 0 N–H and O–H groups in total. The number of anilines is 1. The minimum absolute atomic E-state index is 0.135. The zero-order valence-electron chi connectivity index (χ0n) is 13.4. The zero-order valence-corrected chi connectivity index (χ0v) is 14.9. The summed E-state index contributed by atoms with van der Waals surface area (Å²) in [5, 5.41) is 3.67. The molecule has 2 aromatic rings. The molecular formula is C15H21ClN4S. The number of halogens is 1. The van der Waals surface area contributed by atoms with Crippen LogP contribution in [0, 0.1) is 13.8 Å². The third-order valence-electron chi connectivity index (χ3n) is 3.16. The standard InChI is InChI=1S/C15H21ClN4S/c1-9-12(16)18-14(15(3,4)5)19-13(9)20(6)7-11-8-21-10(2)17-11/h8H,7H2,1-6H3. The van der Waals surface area contributed by atoms with E-state index in [2.05, 4.69) is 41.0 Å². The summed E-state index contributed by atoms with van der Waals surface area (Å²) in [4.78, 5) is 15.7. The highest BCUT2D eigenvalue weighted by Gasteiger charge is 2.22. The van der Waals surface area contributed by atoms with E-state index in [4.69, 9.17) is 16.6 Å². The van der Waals surface area contributed by atoms with E-state index in [1.54, 1.807) is 11.3 Å². The number of thiazole rings is 1. The monoisotopic (exact) mass is 324 g/mol. The van der Waals surface area contributed by atoms with Crippen LogP contribution in [0.2, 0.25) is 5.15 Å². The summed E-state index contributed by atoms with van der Waals surface area (Å²) in [5.74, 6) is 1.62. The first kappa shape index (κ1) is 16.2. The third kappa shape index (κ3) is 3.71. The van der Waals surface area contributed by atoms with Gasteiger partial charge in [0.15, 0.2) is 0 Å². The van der Waals surface area contributed by atoms with Gasteiger partial charge < -0.3 is 4.90 Å². The van der Waals surface area contributed by atoms with Crippen molar-refractivity contribution >= 4 is 28.8 Å². The molecule has 114 valence electrons. The Bertz CT molecular complexity index is 646. The molecule has 4 nitrogen and oxygen atoms in total. The fourth-order valence-electron chi connectivity index (χ4n) is 1.98. The van der Waals surface area contributed by atoms with Gasteiger partial charge in [0.1, 0.15) is 16.8 Å². The van der Waals surface area contributed by atoms with Gasteiger partial charge >= 0.3 is 0 Å². The molecule has 0 aliphatic rings. The van der Waals surface area contributed by atoms with Gasteiger partial charge in [0.2, 0.25) is 0 Å². The summed E-state index contributed by atoms with van der Waals surface area (Å²) in [6.07, 6.45) is 0. The first-order valence-corrected chi connectivity index (χ1v) is 8.11. The number of nitrogens with zero attached hydrogens (tertiary/aromatic N) is 4. The second-order valence-electron chi connectivity index (χ2n) is 6.25. The summed E-state index contributed by atoms with van der Waals surface area (Å²) in [6, 6.07) is 0. The van der Waals surface area contributed by atoms with Crippen LogP contribution in [-0.2, 0) is 12.0 Å². The molecule has 0 fully saturated rings. The highest BCUT2D eigenvalue weighted by molar-refractivity contribution is 7.09. The van der Waals surface area contributed by atoms with Crippen molar-refractivity contribution in [1.29, 1.82) is 0 Å². The van der Waals surface area contributed by atoms with Crippen LogP contribution < -0.4 is 4.90 Å². The molecule has 0 atom stereocenters. The SMILES string of the molecule is Cc1nc(CN(C)c2nc(C(C)(C)C)nc(Cl)c2C)cs1. The van der Waals surface area contributed by atoms with Gasteiger partial charge in [-0.2, -0.15) is 0 Å². The van der Waals surface area contributed by atoms with Gasteiger partial charge in [-0.15, -0.1) is 11.3 Å². The van der Waals surface area contributed by atoms with E-state index >= 15 is 0 Å². The maximum atomic E-state index is 6.28. The van der Waals surface area contributed by atoms with E-state index in [0.717, 1.165) is 27.9 Å². The Morgan fingerprint density at radius 2 is 1.86 bits per heavy atom. The molecule has 0 spiro atoms. The van der Waals surface area contributed by atoms with Crippen molar-refractivity contribution in [1.82, 2.24) is 15.0 Å². The Morgan fingerprint density at radius 3 is 2.38 bits per heavy atom. The van der Waals surface area contributed by atoms with Gasteiger partial charge in [0.25, 0.3) is 0 Å². The van der Waals surface area contributed by atoms with Crippen LogP contribution in [0.25, 0.3) is 0 Å². The molecule has 2 heterocycles. The number of rotatable bonds is 3. The predicted octanol–water partition coefficient (Wildman–Crippen LogP) is 4.14. The maximum Gasteiger partial charge on any atom is 0.137 e. The molecule has 0 saturated heterocycles. The minimum Gasteiger partial charge on any atom is -0.353 e. The van der Waals surface area contributed by atoms with Crippen molar-refractivity contribution < 1.29 is 0 Å². The Labute approximate surface area is 135 Å². The summed E-state index contributed by atoms with van der Waals surface area (Å²) < 4.78 is 0. The molecule has 0 bridgehead atoms. The first-order chi connectivity index (χ1) is 9.68. The topological polar surface area (TPSA) is 41.9 Å². The van der Waals surface area contributed by atoms with Crippen LogP contribution in [0.4, 0.5) is 5.82 Å². The first-order valence-electron chi connectivity index (χ1n) is 6.85. The predicted molar refractivity (Wildman–Crippen MR) is 89.4 cm³/mol. The number of hydrogen-bond acceptors (Lipinski definition) is 5. The maximum absolute atomic E-state index is 6.28. The fraction of sp³-hybridized carbons (Fsp3) is 0.533. The van der Waals surface area contributed by atoms with E-state index in [1.807, 2.05) is 20.9 Å². The molecule has 6 heteroatoms. The van der Waals surface area contributed by atoms with Crippen molar-refractivity contribution in [3.05, 3.63) is 32.6 Å². The van der Waals surface area contributed by atoms with Gasteiger partial charge in [0, 0.05) is 23.4 Å². The zero-order chi connectivity index (χ0) is 15.8. The largest absolute Gasteiger partial charge is 0.353 e. The van der Waals surface area contributed by atoms with Crippen LogP contribution in [0.5, 0.6) is 0 Å². The lowest BCUT2D eigenvalue weighted by Crippen LogP contribution is -2.23. The van der Waals surface area contributed by atoms with Crippen molar-refractivity contribution in [2.45, 2.75) is 46.6 Å². The van der Waals surface area contributed by atoms with Crippen LogP contribution in [0.3, 0.4) is 0 Å². The van der Waals surface area contributed by atoms with E-state index in [0.29, 0.717) is 11.7 Å². The lowest BCUT2D eigenvalue weighted by molar-refractivity contribution is 0.543. The Morgan fingerprint density at radius 1 is 1.19 bits per heavy atom. The van der Waals surface area contributed by atoms with Gasteiger partial charge in [-0.1, -0.05) is 32.4 Å². The van der Waals surface area contributed by atoms with Crippen LogP contribution in [0.15, 0.2) is 5.38 Å². The molecule has 0 amide bonds. The molecule has 0 radical (unpaired) electrons. The van der Waals surface area contributed by atoms with Crippen LogP contribution in [0.1, 0.15) is 42.9 Å². The second-order valence-corrected chi connectivity index (χ2v) is 7.67. The summed E-state index contributed by atoms with van der Waals surface area (Å²) in [5.41, 5.74) is 1.81. The van der Waals surface area contributed by atoms with E-state index in [-0.39, 0.29) is 5.41 Å². The Balaban J connectivity index is 2.35. The van der Waals surface area contributed by atoms with Crippen LogP contribution in [-0.4, -0.2) is 22.0 Å². The quantitative estimate of drug-likeness (QED) is 0.796. The molecule has 0 saturated carbocycles. The average Bonchev–Trinajstić information content (AvgIpc) is 2.76. The van der Waals surface area contributed by atoms with Crippen LogP contribution >= 0.6 is 22.9 Å². The molecule has 0 unspecified atom stereocenters. The van der Waals surface area contributed by atoms with E-state index in [9.17, 15) is 0 Å². The fourth-order valence-corrected chi connectivity index (χ4v) is 2.75. The molecular weight excluding hydrogens is 304 g/mol. The molecule has 2 rings (SSSR count). The van der Waals surface area contributed by atoms with Crippen molar-refractivity contribution in [2.75, 3.05) is 11.9 Å². The lowest BCUT2D eigenvalue weighted by atomic mass is 9.95. The second kappa shape index (κ2) is 5.89. The lowest BCUT2D eigenvalue weighted by Gasteiger charge is -2.24. The normalized spacial score (nSPS) is 11.8. The molecule has 0 aromatic carbocycles. The minimum atomic E-state index is -0.135. The van der Waals surface area contributed by atoms with Gasteiger partial charge in [-0.25, -0.2) is 15.0 Å². The smallest absolute Gasteiger partial charge is 0.137 e. The van der Waals surface area contributed by atoms with Gasteiger partial charge in [0.05, 0.1) is 17.2 Å². The highest BCUT2D eigenvalue weighted by atomic mass is 35.5. The summed E-state index contributed by atoms with van der Waals surface area (Å²) >= 11 is 7.94. The van der Waals surface area contributed by atoms with Crippen molar-refractivity contribution in [3.63, 3.8) is 0 Å². The molecule has 0 aliphatic heterocycles.